The Labute approximate surface area is 447 Å². The Morgan fingerprint density at radius 2 is 0.921 bits per heavy atom. The lowest BCUT2D eigenvalue weighted by Gasteiger charge is -2.37. The van der Waals surface area contributed by atoms with Crippen molar-refractivity contribution in [1.29, 1.82) is 0 Å². The molecule has 1 fully saturated rings. The van der Waals surface area contributed by atoms with Gasteiger partial charge in [-0.3, -0.25) is 53.2 Å². The summed E-state index contributed by atoms with van der Waals surface area (Å²) in [5, 5.41) is 76.0. The summed E-state index contributed by atoms with van der Waals surface area (Å²) in [4.78, 5) is 125. The molecule has 2 unspecified atom stereocenters. The Bertz CT molecular complexity index is 2070. The number of nitrogens with one attached hydrogen (secondary N) is 4. The fourth-order valence-electron chi connectivity index (χ4n) is 8.53. The van der Waals surface area contributed by atoms with Gasteiger partial charge in [-0.25, -0.2) is 14.4 Å². The van der Waals surface area contributed by atoms with Gasteiger partial charge in [-0.15, -0.1) is 0 Å². The number of urea groups is 1. The number of hydrogen-bond donors (Lipinski definition) is 11. The van der Waals surface area contributed by atoms with Crippen LogP contribution in [0.4, 0.5) is 4.79 Å². The standard InChI is InChI=1S/C50H78N8O17S/c59-41(12-5-1-2-6-13-42(60)52-21-9-7-11-39(48(71)72)53-50(75)54-40(49(73)74)18-19-43(61)62)51-20-8-3-4-10-38(76)29-36-16-14-35(15-17-36)28-37-30-57(33-46(67)68)25-24-55(31-44(63)64)22-23-56(32-45(65)66)26-27-58(37)34-47(69)70/h14-17,37,39-40H,1-13,18-34H2,(H,51,59)(H,52,60)(H,61,62)(H,63,64)(H,65,66)(H,67,68)(H,69,70)(H,71,72)(H,73,74)(H2,53,54,75)/t37?,39-,40?/m0/s1. The number of carbonyl (C=O) groups is 10. The molecule has 3 atom stereocenters. The number of benzene rings is 1. The van der Waals surface area contributed by atoms with Gasteiger partial charge in [0.1, 0.15) is 12.1 Å². The van der Waals surface area contributed by atoms with Gasteiger partial charge in [0.05, 0.1) is 26.2 Å². The van der Waals surface area contributed by atoms with E-state index in [0.29, 0.717) is 64.5 Å². The number of aliphatic carboxylic acids is 7. The van der Waals surface area contributed by atoms with Crippen LogP contribution >= 0.6 is 12.2 Å². The molecule has 0 spiro atoms. The van der Waals surface area contributed by atoms with E-state index >= 15 is 0 Å². The van der Waals surface area contributed by atoms with Crippen molar-refractivity contribution in [3.8, 4) is 0 Å². The van der Waals surface area contributed by atoms with Crippen LogP contribution in [0.25, 0.3) is 0 Å². The van der Waals surface area contributed by atoms with Gasteiger partial charge in [-0.1, -0.05) is 55.7 Å². The summed E-state index contributed by atoms with van der Waals surface area (Å²) < 4.78 is 0. The minimum atomic E-state index is -1.50. The van der Waals surface area contributed by atoms with Crippen molar-refractivity contribution in [1.82, 2.24) is 40.9 Å². The number of rotatable bonds is 37. The SMILES string of the molecule is O=C(O)CCC(NC(=O)N[C@@H](CCCCNC(=O)CCCCCCC(=O)NCCCCCC(=S)Cc1ccc(CC2CN(CC(=O)O)CCN(CC(=O)O)CCN(CC(=O)O)CCN2CC(=O)O)cc1)C(=O)O)C(=O)O. The van der Waals surface area contributed by atoms with Gasteiger partial charge >= 0.3 is 47.8 Å². The summed E-state index contributed by atoms with van der Waals surface area (Å²) in [7, 11) is 0. The van der Waals surface area contributed by atoms with Gasteiger partial charge in [0.2, 0.25) is 11.8 Å². The van der Waals surface area contributed by atoms with E-state index in [-0.39, 0.29) is 96.6 Å². The molecule has 0 bridgehead atoms. The summed E-state index contributed by atoms with van der Waals surface area (Å²) in [5.74, 6) is -8.54. The molecule has 0 radical (unpaired) electrons. The van der Waals surface area contributed by atoms with Crippen molar-refractivity contribution < 1.29 is 83.7 Å². The van der Waals surface area contributed by atoms with Crippen LogP contribution in [0.5, 0.6) is 0 Å². The molecule has 426 valence electrons. The van der Waals surface area contributed by atoms with E-state index in [1.165, 1.54) is 0 Å². The zero-order valence-electron chi connectivity index (χ0n) is 43.2. The van der Waals surface area contributed by atoms with Gasteiger partial charge in [0.25, 0.3) is 0 Å². The van der Waals surface area contributed by atoms with Gasteiger partial charge in [0, 0.05) is 90.6 Å². The zero-order chi connectivity index (χ0) is 56.4. The topological polar surface area (TPSA) is 373 Å². The van der Waals surface area contributed by atoms with E-state index in [2.05, 4.69) is 21.3 Å². The van der Waals surface area contributed by atoms with Crippen LogP contribution < -0.4 is 21.3 Å². The molecule has 1 aliphatic heterocycles. The lowest BCUT2D eigenvalue weighted by atomic mass is 9.99. The molecule has 1 aromatic carbocycles. The second kappa shape index (κ2) is 37.4. The number of amides is 4. The van der Waals surface area contributed by atoms with Crippen molar-refractivity contribution in [2.45, 2.75) is 127 Å². The molecule has 1 saturated heterocycles. The largest absolute Gasteiger partial charge is 0.481 e. The number of nitrogens with zero attached hydrogens (tertiary/aromatic N) is 4. The summed E-state index contributed by atoms with van der Waals surface area (Å²) >= 11 is 5.70. The number of carbonyl (C=O) groups excluding carboxylic acids is 3. The highest BCUT2D eigenvalue weighted by molar-refractivity contribution is 7.80. The number of hydrogen-bond acceptors (Lipinski definition) is 15. The second-order valence-electron chi connectivity index (χ2n) is 19.0. The van der Waals surface area contributed by atoms with Crippen molar-refractivity contribution in [2.24, 2.45) is 0 Å². The predicted molar refractivity (Wildman–Crippen MR) is 279 cm³/mol. The van der Waals surface area contributed by atoms with Crippen LogP contribution in [0.1, 0.15) is 107 Å². The van der Waals surface area contributed by atoms with Crippen LogP contribution in [-0.2, 0) is 56.0 Å². The van der Waals surface area contributed by atoms with Gasteiger partial charge < -0.3 is 57.0 Å². The first kappa shape index (κ1) is 65.8. The summed E-state index contributed by atoms with van der Waals surface area (Å²) in [5.41, 5.74) is 1.88. The fraction of sp³-hybridized carbons (Fsp3) is 0.660. The second-order valence-corrected chi connectivity index (χ2v) is 19.6. The van der Waals surface area contributed by atoms with Gasteiger partial charge in [-0.05, 0) is 80.2 Å². The van der Waals surface area contributed by atoms with E-state index < -0.39 is 72.4 Å². The fourth-order valence-corrected chi connectivity index (χ4v) is 8.84. The lowest BCUT2D eigenvalue weighted by Crippen LogP contribution is -2.53. The maximum Gasteiger partial charge on any atom is 0.326 e. The van der Waals surface area contributed by atoms with Crippen LogP contribution in [0, 0.1) is 0 Å². The highest BCUT2D eigenvalue weighted by Gasteiger charge is 2.28. The van der Waals surface area contributed by atoms with Gasteiger partial charge in [-0.2, -0.15) is 0 Å². The van der Waals surface area contributed by atoms with Gasteiger partial charge in [0.15, 0.2) is 0 Å². The molecule has 0 aromatic heterocycles. The molecular weight excluding hydrogens is 1020 g/mol. The van der Waals surface area contributed by atoms with E-state index in [1.54, 1.807) is 19.6 Å². The molecule has 26 heteroatoms. The smallest absolute Gasteiger partial charge is 0.326 e. The highest BCUT2D eigenvalue weighted by Crippen LogP contribution is 2.16. The molecule has 0 saturated carbocycles. The Kier molecular flexibility index (Phi) is 32.4. The Morgan fingerprint density at radius 1 is 0.487 bits per heavy atom. The van der Waals surface area contributed by atoms with E-state index in [0.717, 1.165) is 54.5 Å². The Balaban J connectivity index is 1.70. The molecular formula is C50H78N8O17S. The van der Waals surface area contributed by atoms with Crippen LogP contribution in [0.15, 0.2) is 24.3 Å². The van der Waals surface area contributed by atoms with Crippen LogP contribution in [0.3, 0.4) is 0 Å². The number of unbranched alkanes of at least 4 members (excludes halogenated alkanes) is 6. The first-order chi connectivity index (χ1) is 36.1. The third-order valence-corrected chi connectivity index (χ3v) is 12.9. The molecule has 76 heavy (non-hydrogen) atoms. The van der Waals surface area contributed by atoms with Crippen molar-refractivity contribution in [2.75, 3.05) is 85.1 Å². The molecule has 1 aromatic rings. The number of thiocarbonyl (C=S) groups is 1. The molecule has 1 aliphatic rings. The maximum absolute atomic E-state index is 12.4. The average Bonchev–Trinajstić information content (AvgIpc) is 3.33. The minimum absolute atomic E-state index is 0.0193. The highest BCUT2D eigenvalue weighted by atomic mass is 32.1. The first-order valence-electron chi connectivity index (χ1n) is 25.8. The van der Waals surface area contributed by atoms with E-state index in [1.807, 2.05) is 24.3 Å². The summed E-state index contributed by atoms with van der Waals surface area (Å²) in [6.45, 7) is 0.938. The summed E-state index contributed by atoms with van der Waals surface area (Å²) in [6, 6.07) is 3.44. The first-order valence-corrected chi connectivity index (χ1v) is 26.2. The maximum atomic E-state index is 12.4. The molecule has 25 nitrogen and oxygen atoms in total. The average molecular weight is 1100 g/mol. The lowest BCUT2D eigenvalue weighted by molar-refractivity contribution is -0.142. The predicted octanol–water partition coefficient (Wildman–Crippen LogP) is 1.44. The Morgan fingerprint density at radius 3 is 1.42 bits per heavy atom. The summed E-state index contributed by atoms with van der Waals surface area (Å²) in [6.07, 6.45) is 7.62. The Hall–Kier alpha value is -6.35. The molecule has 1 heterocycles. The molecule has 0 aliphatic carbocycles. The monoisotopic (exact) mass is 1090 g/mol. The normalized spacial score (nSPS) is 15.9. The molecule has 4 amide bonds. The third kappa shape index (κ3) is 31.5. The quantitative estimate of drug-likeness (QED) is 0.0332. The van der Waals surface area contributed by atoms with Crippen molar-refractivity contribution in [3.63, 3.8) is 0 Å². The van der Waals surface area contributed by atoms with Crippen LogP contribution in [0.2, 0.25) is 0 Å². The zero-order valence-corrected chi connectivity index (χ0v) is 44.0. The molecule has 11 N–H and O–H groups in total. The minimum Gasteiger partial charge on any atom is -0.481 e. The van der Waals surface area contributed by atoms with E-state index in [4.69, 9.17) is 17.3 Å². The van der Waals surface area contributed by atoms with Crippen molar-refractivity contribution in [3.05, 3.63) is 35.4 Å². The number of carboxylic acid groups (broad SMARTS) is 7. The van der Waals surface area contributed by atoms with E-state index in [9.17, 15) is 78.6 Å². The van der Waals surface area contributed by atoms with Crippen LogP contribution in [-0.4, -0.2) is 223 Å². The third-order valence-electron chi connectivity index (χ3n) is 12.6. The molecule has 2 rings (SSSR count). The number of carboxylic acids is 7. The van der Waals surface area contributed by atoms with Crippen molar-refractivity contribution >= 4 is 76.7 Å².